The number of benzene rings is 2. The fourth-order valence-electron chi connectivity index (χ4n) is 1.89. The molecule has 0 aromatic heterocycles. The first-order valence-electron chi connectivity index (χ1n) is 6.16. The number of hydrogen-bond donors (Lipinski definition) is 0. The van der Waals surface area contributed by atoms with E-state index in [0.717, 1.165) is 12.2 Å². The van der Waals surface area contributed by atoms with Crippen molar-refractivity contribution in [3.8, 4) is 5.75 Å². The fraction of sp³-hybridized carbons (Fsp3) is 0.250. The lowest BCUT2D eigenvalue weighted by molar-refractivity contribution is 0.0812. The van der Waals surface area contributed by atoms with Gasteiger partial charge in [-0.25, -0.2) is 0 Å². The van der Waals surface area contributed by atoms with Gasteiger partial charge in [0, 0.05) is 13.5 Å². The van der Waals surface area contributed by atoms with Crippen LogP contribution in [0.1, 0.15) is 18.1 Å². The first-order chi connectivity index (χ1) is 8.90. The summed E-state index contributed by atoms with van der Waals surface area (Å²) in [5.74, 6) is 0.903. The Kier molecular flexibility index (Phi) is 4.79. The van der Waals surface area contributed by atoms with Crippen LogP contribution in [0.25, 0.3) is 0 Å². The maximum absolute atomic E-state index is 5.68. The third-order valence-electron chi connectivity index (χ3n) is 2.85. The lowest BCUT2D eigenvalue weighted by Gasteiger charge is -2.16. The number of ether oxygens (including phenoxy) is 2. The number of methoxy groups -OCH3 is 1. The highest BCUT2D eigenvalue weighted by molar-refractivity contribution is 5.21. The summed E-state index contributed by atoms with van der Waals surface area (Å²) in [6.45, 7) is 0.650. The predicted molar refractivity (Wildman–Crippen MR) is 72.7 cm³/mol. The van der Waals surface area contributed by atoms with Gasteiger partial charge in [-0.2, -0.15) is 0 Å². The van der Waals surface area contributed by atoms with Crippen molar-refractivity contribution in [2.24, 2.45) is 0 Å². The highest BCUT2D eigenvalue weighted by Crippen LogP contribution is 2.20. The van der Waals surface area contributed by atoms with E-state index < -0.39 is 0 Å². The Morgan fingerprint density at radius 3 is 2.11 bits per heavy atom. The summed E-state index contributed by atoms with van der Waals surface area (Å²) in [7, 11) is 1.74. The van der Waals surface area contributed by atoms with Gasteiger partial charge >= 0.3 is 0 Å². The normalized spacial score (nSPS) is 12.1. The molecular weight excluding hydrogens is 224 g/mol. The van der Waals surface area contributed by atoms with Crippen molar-refractivity contribution in [3.05, 3.63) is 66.2 Å². The zero-order chi connectivity index (χ0) is 12.6. The van der Waals surface area contributed by atoms with Crippen LogP contribution in [0.4, 0.5) is 0 Å². The average molecular weight is 242 g/mol. The van der Waals surface area contributed by atoms with E-state index in [1.165, 1.54) is 5.56 Å². The smallest absolute Gasteiger partial charge is 0.119 e. The molecule has 94 valence electrons. The van der Waals surface area contributed by atoms with Crippen molar-refractivity contribution >= 4 is 0 Å². The van der Waals surface area contributed by atoms with Crippen molar-refractivity contribution in [2.45, 2.75) is 12.5 Å². The third-order valence-corrected chi connectivity index (χ3v) is 2.85. The van der Waals surface area contributed by atoms with Crippen molar-refractivity contribution in [1.82, 2.24) is 0 Å². The SMILES string of the molecule is COC(CCOc1ccccc1)c1ccccc1. The molecule has 2 aromatic carbocycles. The van der Waals surface area contributed by atoms with E-state index >= 15 is 0 Å². The molecule has 0 saturated carbocycles. The van der Waals surface area contributed by atoms with Crippen LogP contribution in [0.15, 0.2) is 60.7 Å². The molecule has 0 spiro atoms. The predicted octanol–water partition coefficient (Wildman–Crippen LogP) is 3.84. The molecule has 1 atom stereocenters. The van der Waals surface area contributed by atoms with Crippen molar-refractivity contribution < 1.29 is 9.47 Å². The van der Waals surface area contributed by atoms with E-state index in [9.17, 15) is 0 Å². The second-order valence-electron chi connectivity index (χ2n) is 4.09. The lowest BCUT2D eigenvalue weighted by atomic mass is 10.1. The monoisotopic (exact) mass is 242 g/mol. The first-order valence-corrected chi connectivity index (χ1v) is 6.16. The molecule has 0 heterocycles. The standard InChI is InChI=1S/C16H18O2/c1-17-16(14-8-4-2-5-9-14)12-13-18-15-10-6-3-7-11-15/h2-11,16H,12-13H2,1H3. The highest BCUT2D eigenvalue weighted by atomic mass is 16.5. The molecule has 0 saturated heterocycles. The molecule has 0 radical (unpaired) electrons. The number of para-hydroxylation sites is 1. The van der Waals surface area contributed by atoms with Crippen LogP contribution in [0.2, 0.25) is 0 Å². The van der Waals surface area contributed by atoms with Crippen LogP contribution >= 0.6 is 0 Å². The Morgan fingerprint density at radius 2 is 1.50 bits per heavy atom. The highest BCUT2D eigenvalue weighted by Gasteiger charge is 2.09. The lowest BCUT2D eigenvalue weighted by Crippen LogP contribution is -2.07. The molecule has 0 N–H and O–H groups in total. The van der Waals surface area contributed by atoms with Crippen molar-refractivity contribution in [2.75, 3.05) is 13.7 Å². The van der Waals surface area contributed by atoms with Gasteiger partial charge in [0.25, 0.3) is 0 Å². The molecule has 18 heavy (non-hydrogen) atoms. The third kappa shape index (κ3) is 3.60. The second kappa shape index (κ2) is 6.82. The van der Waals surface area contributed by atoms with Crippen LogP contribution in [0, 0.1) is 0 Å². The Hall–Kier alpha value is -1.80. The summed E-state index contributed by atoms with van der Waals surface area (Å²) in [5, 5.41) is 0. The number of hydrogen-bond acceptors (Lipinski definition) is 2. The van der Waals surface area contributed by atoms with E-state index in [2.05, 4.69) is 12.1 Å². The fourth-order valence-corrected chi connectivity index (χ4v) is 1.89. The molecule has 0 aliphatic carbocycles. The summed E-state index contributed by atoms with van der Waals surface area (Å²) in [4.78, 5) is 0. The zero-order valence-corrected chi connectivity index (χ0v) is 10.6. The zero-order valence-electron chi connectivity index (χ0n) is 10.6. The van der Waals surface area contributed by atoms with Crippen LogP contribution in [0.5, 0.6) is 5.75 Å². The van der Waals surface area contributed by atoms with Gasteiger partial charge in [-0.3, -0.25) is 0 Å². The summed E-state index contributed by atoms with van der Waals surface area (Å²) >= 11 is 0. The molecule has 0 aliphatic heterocycles. The molecular formula is C16H18O2. The summed E-state index contributed by atoms with van der Waals surface area (Å²) in [6, 6.07) is 20.1. The summed E-state index contributed by atoms with van der Waals surface area (Å²) in [5.41, 5.74) is 1.19. The quantitative estimate of drug-likeness (QED) is 0.766. The number of rotatable bonds is 6. The Balaban J connectivity index is 1.85. The van der Waals surface area contributed by atoms with Gasteiger partial charge in [-0.1, -0.05) is 48.5 Å². The molecule has 0 fully saturated rings. The Bertz CT molecular complexity index is 439. The van der Waals surface area contributed by atoms with E-state index in [0.29, 0.717) is 6.61 Å². The molecule has 0 amide bonds. The van der Waals surface area contributed by atoms with Gasteiger partial charge in [-0.15, -0.1) is 0 Å². The minimum Gasteiger partial charge on any atom is -0.493 e. The van der Waals surface area contributed by atoms with Gasteiger partial charge in [0.15, 0.2) is 0 Å². The maximum Gasteiger partial charge on any atom is 0.119 e. The molecule has 0 aliphatic rings. The minimum absolute atomic E-state index is 0.0925. The van der Waals surface area contributed by atoms with Crippen LogP contribution in [0.3, 0.4) is 0 Å². The van der Waals surface area contributed by atoms with Crippen LogP contribution < -0.4 is 4.74 Å². The average Bonchev–Trinajstić information content (AvgIpc) is 2.46. The largest absolute Gasteiger partial charge is 0.493 e. The Labute approximate surface area is 108 Å². The van der Waals surface area contributed by atoms with Gasteiger partial charge in [-0.05, 0) is 17.7 Å². The van der Waals surface area contributed by atoms with Crippen LogP contribution in [-0.2, 0) is 4.74 Å². The molecule has 2 rings (SSSR count). The van der Waals surface area contributed by atoms with Gasteiger partial charge in [0.2, 0.25) is 0 Å². The molecule has 2 nitrogen and oxygen atoms in total. The summed E-state index contributed by atoms with van der Waals surface area (Å²) in [6.07, 6.45) is 0.935. The van der Waals surface area contributed by atoms with Crippen molar-refractivity contribution in [3.63, 3.8) is 0 Å². The van der Waals surface area contributed by atoms with E-state index in [-0.39, 0.29) is 6.10 Å². The molecule has 1 unspecified atom stereocenters. The van der Waals surface area contributed by atoms with Crippen LogP contribution in [-0.4, -0.2) is 13.7 Å². The summed E-state index contributed by atoms with van der Waals surface area (Å²) < 4.78 is 11.2. The topological polar surface area (TPSA) is 18.5 Å². The second-order valence-corrected chi connectivity index (χ2v) is 4.09. The molecule has 2 heteroatoms. The van der Waals surface area contributed by atoms with Gasteiger partial charge in [0.1, 0.15) is 5.75 Å². The van der Waals surface area contributed by atoms with Gasteiger partial charge in [0.05, 0.1) is 12.7 Å². The van der Waals surface area contributed by atoms with E-state index in [4.69, 9.17) is 9.47 Å². The molecule has 2 aromatic rings. The first kappa shape index (κ1) is 12.7. The maximum atomic E-state index is 5.68. The van der Waals surface area contributed by atoms with Crippen molar-refractivity contribution in [1.29, 1.82) is 0 Å². The van der Waals surface area contributed by atoms with Gasteiger partial charge < -0.3 is 9.47 Å². The Morgan fingerprint density at radius 1 is 0.889 bits per heavy atom. The van der Waals surface area contributed by atoms with E-state index in [1.807, 2.05) is 48.5 Å². The van der Waals surface area contributed by atoms with E-state index in [1.54, 1.807) is 7.11 Å². The minimum atomic E-state index is 0.0925. The molecule has 0 bridgehead atoms.